The maximum absolute atomic E-state index is 11.6. The molecule has 0 bridgehead atoms. The second kappa shape index (κ2) is 6.57. The van der Waals surface area contributed by atoms with Crippen LogP contribution in [0.3, 0.4) is 0 Å². The molecule has 3 heterocycles. The van der Waals surface area contributed by atoms with Crippen LogP contribution >= 0.6 is 0 Å². The van der Waals surface area contributed by atoms with Crippen molar-refractivity contribution in [3.05, 3.63) is 41.9 Å². The lowest BCUT2D eigenvalue weighted by atomic mass is 10.2. The Labute approximate surface area is 144 Å². The van der Waals surface area contributed by atoms with Gasteiger partial charge in [-0.1, -0.05) is 13.8 Å². The first-order valence-corrected chi connectivity index (χ1v) is 7.77. The van der Waals surface area contributed by atoms with E-state index in [9.17, 15) is 4.79 Å². The van der Waals surface area contributed by atoms with Crippen LogP contribution in [0, 0.1) is 17.2 Å². The third kappa shape index (κ3) is 3.26. The van der Waals surface area contributed by atoms with Crippen molar-refractivity contribution < 1.29 is 4.79 Å². The molecule has 0 aliphatic carbocycles. The van der Waals surface area contributed by atoms with E-state index in [-0.39, 0.29) is 0 Å². The number of carbonyl (C=O) groups excluding carboxylic acids is 1. The topological polar surface area (TPSA) is 123 Å². The zero-order valence-electron chi connectivity index (χ0n) is 13.9. The highest BCUT2D eigenvalue weighted by molar-refractivity contribution is 5.98. The molecule has 126 valence electrons. The number of hydrogen-bond acceptors (Lipinski definition) is 6. The van der Waals surface area contributed by atoms with Crippen LogP contribution in [0.4, 0.5) is 5.69 Å². The molecule has 0 aromatic carbocycles. The molecule has 0 fully saturated rings. The van der Waals surface area contributed by atoms with Crippen molar-refractivity contribution in [3.8, 4) is 11.9 Å². The molecule has 0 unspecified atom stereocenters. The molecule has 3 aromatic heterocycles. The number of pyridine rings is 2. The van der Waals surface area contributed by atoms with Crippen molar-refractivity contribution in [2.24, 2.45) is 11.7 Å². The summed E-state index contributed by atoms with van der Waals surface area (Å²) in [4.78, 5) is 20.2. The number of nitriles is 1. The molecule has 0 spiro atoms. The number of aromatic nitrogens is 4. The van der Waals surface area contributed by atoms with Crippen molar-refractivity contribution in [1.82, 2.24) is 19.7 Å². The van der Waals surface area contributed by atoms with Gasteiger partial charge in [0.1, 0.15) is 6.07 Å². The van der Waals surface area contributed by atoms with Gasteiger partial charge in [-0.05, 0) is 12.0 Å². The van der Waals surface area contributed by atoms with Gasteiger partial charge in [-0.3, -0.25) is 4.79 Å². The quantitative estimate of drug-likeness (QED) is 0.733. The number of nitrogens with two attached hydrogens (primary N) is 1. The minimum absolute atomic E-state index is 0.320. The average Bonchev–Trinajstić information content (AvgIpc) is 3.02. The lowest BCUT2D eigenvalue weighted by Gasteiger charge is -2.13. The number of nitrogens with zero attached hydrogens (tertiary/aromatic N) is 5. The number of primary amides is 1. The van der Waals surface area contributed by atoms with E-state index in [4.69, 9.17) is 11.0 Å². The van der Waals surface area contributed by atoms with E-state index in [2.05, 4.69) is 34.2 Å². The highest BCUT2D eigenvalue weighted by atomic mass is 16.1. The Morgan fingerprint density at radius 3 is 2.80 bits per heavy atom. The number of rotatable bonds is 5. The van der Waals surface area contributed by atoms with Crippen molar-refractivity contribution in [2.45, 2.75) is 13.8 Å². The van der Waals surface area contributed by atoms with Crippen LogP contribution in [0.5, 0.6) is 0 Å². The Bertz CT molecular complexity index is 984. The molecule has 25 heavy (non-hydrogen) atoms. The minimum atomic E-state index is -0.549. The standard InChI is InChI=1S/C17H17N7O/c1-10(2)6-20-14-4-15(21-9-13(14)16(19)25)24-17-12(8-23-24)3-11(5-18)7-22-17/h3-4,7-10H,6H2,1-2H3,(H2,19,25)(H,20,21). The molecule has 8 heteroatoms. The Morgan fingerprint density at radius 2 is 2.12 bits per heavy atom. The summed E-state index contributed by atoms with van der Waals surface area (Å²) in [5.74, 6) is 0.352. The zero-order chi connectivity index (χ0) is 18.0. The van der Waals surface area contributed by atoms with Gasteiger partial charge >= 0.3 is 0 Å². The molecular weight excluding hydrogens is 318 g/mol. The second-order valence-corrected chi connectivity index (χ2v) is 6.03. The Balaban J connectivity index is 2.07. The first-order valence-electron chi connectivity index (χ1n) is 7.77. The largest absolute Gasteiger partial charge is 0.384 e. The van der Waals surface area contributed by atoms with E-state index in [1.165, 1.54) is 12.4 Å². The van der Waals surface area contributed by atoms with E-state index in [0.717, 1.165) is 5.39 Å². The van der Waals surface area contributed by atoms with Crippen LogP contribution < -0.4 is 11.1 Å². The number of amides is 1. The van der Waals surface area contributed by atoms with Crippen LogP contribution in [0.1, 0.15) is 29.8 Å². The van der Waals surface area contributed by atoms with E-state index in [0.29, 0.717) is 40.7 Å². The molecule has 0 aliphatic rings. The lowest BCUT2D eigenvalue weighted by molar-refractivity contribution is 0.100. The summed E-state index contributed by atoms with van der Waals surface area (Å²) in [7, 11) is 0. The molecule has 0 aliphatic heterocycles. The predicted octanol–water partition coefficient (Wildman–Crippen LogP) is 1.85. The lowest BCUT2D eigenvalue weighted by Crippen LogP contribution is -2.18. The SMILES string of the molecule is CC(C)CNc1cc(-n2ncc3cc(C#N)cnc32)ncc1C(N)=O. The summed E-state index contributed by atoms with van der Waals surface area (Å²) in [6, 6.07) is 5.47. The monoisotopic (exact) mass is 335 g/mol. The first kappa shape index (κ1) is 16.4. The van der Waals surface area contributed by atoms with Gasteiger partial charge in [0.25, 0.3) is 5.91 Å². The number of fused-ring (bicyclic) bond motifs is 1. The van der Waals surface area contributed by atoms with E-state index in [1.807, 2.05) is 6.07 Å². The molecular formula is C17H17N7O. The summed E-state index contributed by atoms with van der Waals surface area (Å²) in [6.07, 6.45) is 4.53. The molecule has 0 saturated carbocycles. The first-order chi connectivity index (χ1) is 12.0. The van der Waals surface area contributed by atoms with E-state index >= 15 is 0 Å². The normalized spacial score (nSPS) is 10.8. The zero-order valence-corrected chi connectivity index (χ0v) is 13.9. The maximum Gasteiger partial charge on any atom is 0.252 e. The van der Waals surface area contributed by atoms with Crippen LogP contribution in [-0.2, 0) is 0 Å². The third-order valence-corrected chi connectivity index (χ3v) is 3.61. The summed E-state index contributed by atoms with van der Waals surface area (Å²) in [6.45, 7) is 4.82. The van der Waals surface area contributed by atoms with E-state index < -0.39 is 5.91 Å². The Hall–Kier alpha value is -3.47. The van der Waals surface area contributed by atoms with Gasteiger partial charge in [-0.15, -0.1) is 0 Å². The predicted molar refractivity (Wildman–Crippen MR) is 93.2 cm³/mol. The van der Waals surface area contributed by atoms with Crippen molar-refractivity contribution in [3.63, 3.8) is 0 Å². The molecule has 3 N–H and O–H groups in total. The Kier molecular flexibility index (Phi) is 4.31. The molecule has 0 radical (unpaired) electrons. The molecule has 0 saturated heterocycles. The minimum Gasteiger partial charge on any atom is -0.384 e. The van der Waals surface area contributed by atoms with Crippen LogP contribution in [0.2, 0.25) is 0 Å². The highest BCUT2D eigenvalue weighted by Crippen LogP contribution is 2.21. The Morgan fingerprint density at radius 1 is 1.32 bits per heavy atom. The van der Waals surface area contributed by atoms with E-state index in [1.54, 1.807) is 23.0 Å². The molecule has 3 aromatic rings. The van der Waals surface area contributed by atoms with Crippen molar-refractivity contribution in [1.29, 1.82) is 5.26 Å². The van der Waals surface area contributed by atoms with Crippen LogP contribution in [0.25, 0.3) is 16.9 Å². The molecule has 1 amide bonds. The maximum atomic E-state index is 11.6. The van der Waals surface area contributed by atoms with Gasteiger partial charge < -0.3 is 11.1 Å². The number of anilines is 1. The smallest absolute Gasteiger partial charge is 0.252 e. The van der Waals surface area contributed by atoms with Crippen LogP contribution in [0.15, 0.2) is 30.7 Å². The summed E-state index contributed by atoms with van der Waals surface area (Å²) < 4.78 is 1.56. The van der Waals surface area contributed by atoms with Gasteiger partial charge in [0, 0.05) is 30.4 Å². The van der Waals surface area contributed by atoms with Gasteiger partial charge in [-0.25, -0.2) is 9.97 Å². The van der Waals surface area contributed by atoms with Crippen LogP contribution in [-0.4, -0.2) is 32.2 Å². The second-order valence-electron chi connectivity index (χ2n) is 6.03. The van der Waals surface area contributed by atoms with Gasteiger partial charge in [0.15, 0.2) is 11.5 Å². The average molecular weight is 335 g/mol. The number of nitrogens with one attached hydrogen (secondary N) is 1. The number of hydrogen-bond donors (Lipinski definition) is 2. The van der Waals surface area contributed by atoms with Gasteiger partial charge in [0.05, 0.1) is 23.0 Å². The summed E-state index contributed by atoms with van der Waals surface area (Å²) in [5.41, 5.74) is 7.39. The fraction of sp³-hybridized carbons (Fsp3) is 0.235. The highest BCUT2D eigenvalue weighted by Gasteiger charge is 2.14. The van der Waals surface area contributed by atoms with Gasteiger partial charge in [-0.2, -0.15) is 15.0 Å². The fourth-order valence-corrected chi connectivity index (χ4v) is 2.37. The molecule has 0 atom stereocenters. The van der Waals surface area contributed by atoms with Crippen molar-refractivity contribution in [2.75, 3.05) is 11.9 Å². The van der Waals surface area contributed by atoms with Gasteiger partial charge in [0.2, 0.25) is 0 Å². The molecule has 8 nitrogen and oxygen atoms in total. The fourth-order valence-electron chi connectivity index (χ4n) is 2.37. The summed E-state index contributed by atoms with van der Waals surface area (Å²) in [5, 5.41) is 17.2. The molecule has 3 rings (SSSR count). The summed E-state index contributed by atoms with van der Waals surface area (Å²) >= 11 is 0. The van der Waals surface area contributed by atoms with Crippen molar-refractivity contribution >= 4 is 22.6 Å². The third-order valence-electron chi connectivity index (χ3n) is 3.61. The number of carbonyl (C=O) groups is 1.